The van der Waals surface area contributed by atoms with Crippen molar-refractivity contribution in [3.63, 3.8) is 0 Å². The van der Waals surface area contributed by atoms with Gasteiger partial charge >= 0.3 is 0 Å². The average molecular weight is 227 g/mol. The van der Waals surface area contributed by atoms with Gasteiger partial charge in [0.05, 0.1) is 12.7 Å². The Morgan fingerprint density at radius 2 is 2.33 bits per heavy atom. The molecule has 82 valence electrons. The number of ether oxygens (including phenoxy) is 1. The Kier molecular flexibility index (Phi) is 3.29. The van der Waals surface area contributed by atoms with Crippen LogP contribution < -0.4 is 0 Å². The van der Waals surface area contributed by atoms with E-state index in [1.807, 2.05) is 25.1 Å². The van der Waals surface area contributed by atoms with Gasteiger partial charge < -0.3 is 9.84 Å². The van der Waals surface area contributed by atoms with Crippen LogP contribution >= 0.6 is 11.6 Å². The Labute approximate surface area is 94.8 Å². The van der Waals surface area contributed by atoms with E-state index in [1.54, 1.807) is 0 Å². The van der Waals surface area contributed by atoms with Crippen molar-refractivity contribution >= 4 is 11.6 Å². The summed E-state index contributed by atoms with van der Waals surface area (Å²) in [7, 11) is 0. The molecule has 0 amide bonds. The third-order valence-electron chi connectivity index (χ3n) is 3.04. The van der Waals surface area contributed by atoms with Gasteiger partial charge in [0.1, 0.15) is 0 Å². The molecule has 1 aliphatic rings. The van der Waals surface area contributed by atoms with Crippen LogP contribution in [0.5, 0.6) is 0 Å². The number of aliphatic hydroxyl groups is 1. The summed E-state index contributed by atoms with van der Waals surface area (Å²) in [6.07, 6.45) is 0.471. The van der Waals surface area contributed by atoms with Crippen molar-refractivity contribution in [1.29, 1.82) is 0 Å². The molecule has 3 heteroatoms. The summed E-state index contributed by atoms with van der Waals surface area (Å²) in [6.45, 7) is 3.34. The molecule has 2 nitrogen and oxygen atoms in total. The molecule has 2 atom stereocenters. The lowest BCUT2D eigenvalue weighted by Crippen LogP contribution is -2.13. The number of hydrogen-bond acceptors (Lipinski definition) is 2. The molecule has 2 unspecified atom stereocenters. The fourth-order valence-electron chi connectivity index (χ4n) is 2.00. The molecule has 1 aliphatic heterocycles. The van der Waals surface area contributed by atoms with Gasteiger partial charge in [0.15, 0.2) is 0 Å². The first-order valence-corrected chi connectivity index (χ1v) is 5.59. The minimum atomic E-state index is -0.453. The van der Waals surface area contributed by atoms with Crippen LogP contribution in [0.25, 0.3) is 0 Å². The molecule has 0 aromatic heterocycles. The van der Waals surface area contributed by atoms with Crippen molar-refractivity contribution in [3.8, 4) is 0 Å². The van der Waals surface area contributed by atoms with E-state index in [0.29, 0.717) is 11.6 Å². The topological polar surface area (TPSA) is 29.5 Å². The zero-order chi connectivity index (χ0) is 10.8. The molecule has 0 bridgehead atoms. The number of halogens is 1. The molecule has 1 saturated heterocycles. The van der Waals surface area contributed by atoms with Crippen LogP contribution in [0, 0.1) is 12.8 Å². The number of rotatable bonds is 2. The quantitative estimate of drug-likeness (QED) is 0.840. The monoisotopic (exact) mass is 226 g/mol. The highest BCUT2D eigenvalue weighted by Gasteiger charge is 2.26. The molecule has 0 aliphatic carbocycles. The van der Waals surface area contributed by atoms with Crippen molar-refractivity contribution in [2.24, 2.45) is 5.92 Å². The summed E-state index contributed by atoms with van der Waals surface area (Å²) >= 11 is 6.02. The van der Waals surface area contributed by atoms with Gasteiger partial charge in [-0.3, -0.25) is 0 Å². The molecule has 0 saturated carbocycles. The molecule has 0 radical (unpaired) electrons. The third kappa shape index (κ3) is 2.17. The smallest absolute Gasteiger partial charge is 0.0844 e. The largest absolute Gasteiger partial charge is 0.388 e. The van der Waals surface area contributed by atoms with E-state index in [2.05, 4.69) is 0 Å². The molecule has 1 fully saturated rings. The van der Waals surface area contributed by atoms with Crippen LogP contribution in [-0.2, 0) is 4.74 Å². The Bertz CT molecular complexity index is 345. The molecule has 15 heavy (non-hydrogen) atoms. The van der Waals surface area contributed by atoms with Gasteiger partial charge in [-0.25, -0.2) is 0 Å². The van der Waals surface area contributed by atoms with Crippen LogP contribution in [0.3, 0.4) is 0 Å². The highest BCUT2D eigenvalue weighted by Crippen LogP contribution is 2.32. The Balaban J connectivity index is 2.24. The molecule has 2 rings (SSSR count). The standard InChI is InChI=1S/C12H15ClO2/c1-8-10(3-2-4-11(8)13)12(14)9-5-6-15-7-9/h2-4,9,12,14H,5-7H2,1H3. The summed E-state index contributed by atoms with van der Waals surface area (Å²) < 4.78 is 5.28. The molecule has 0 spiro atoms. The van der Waals surface area contributed by atoms with E-state index < -0.39 is 6.10 Å². The zero-order valence-electron chi connectivity index (χ0n) is 8.74. The minimum Gasteiger partial charge on any atom is -0.388 e. The molecule has 1 heterocycles. The Hall–Kier alpha value is -0.570. The van der Waals surface area contributed by atoms with Crippen molar-refractivity contribution in [3.05, 3.63) is 34.3 Å². The van der Waals surface area contributed by atoms with E-state index in [1.165, 1.54) is 0 Å². The highest BCUT2D eigenvalue weighted by atomic mass is 35.5. The van der Waals surface area contributed by atoms with E-state index in [4.69, 9.17) is 16.3 Å². The maximum Gasteiger partial charge on any atom is 0.0844 e. The number of aliphatic hydroxyl groups excluding tert-OH is 1. The Morgan fingerprint density at radius 3 is 3.00 bits per heavy atom. The SMILES string of the molecule is Cc1c(Cl)cccc1C(O)C1CCOC1. The Morgan fingerprint density at radius 1 is 1.53 bits per heavy atom. The second-order valence-corrected chi connectivity index (χ2v) is 4.43. The lowest BCUT2D eigenvalue weighted by Gasteiger charge is -2.19. The lowest BCUT2D eigenvalue weighted by molar-refractivity contribution is 0.0913. The summed E-state index contributed by atoms with van der Waals surface area (Å²) in [5.41, 5.74) is 1.90. The zero-order valence-corrected chi connectivity index (χ0v) is 9.50. The maximum absolute atomic E-state index is 10.2. The highest BCUT2D eigenvalue weighted by molar-refractivity contribution is 6.31. The van der Waals surface area contributed by atoms with E-state index in [-0.39, 0.29) is 5.92 Å². The first-order valence-electron chi connectivity index (χ1n) is 5.21. The maximum atomic E-state index is 10.2. The summed E-state index contributed by atoms with van der Waals surface area (Å²) in [5, 5.41) is 10.9. The van der Waals surface area contributed by atoms with Crippen LogP contribution in [0.2, 0.25) is 5.02 Å². The van der Waals surface area contributed by atoms with Crippen LogP contribution in [0.1, 0.15) is 23.7 Å². The second-order valence-electron chi connectivity index (χ2n) is 4.02. The fraction of sp³-hybridized carbons (Fsp3) is 0.500. The summed E-state index contributed by atoms with van der Waals surface area (Å²) in [5.74, 6) is 0.210. The van der Waals surface area contributed by atoms with Gasteiger partial charge in [-0.1, -0.05) is 23.7 Å². The number of hydrogen-bond donors (Lipinski definition) is 1. The molecular weight excluding hydrogens is 212 g/mol. The molecule has 1 aromatic carbocycles. The minimum absolute atomic E-state index is 0.210. The van der Waals surface area contributed by atoms with Crippen LogP contribution in [0.15, 0.2) is 18.2 Å². The van der Waals surface area contributed by atoms with Gasteiger partial charge in [-0.15, -0.1) is 0 Å². The van der Waals surface area contributed by atoms with Crippen molar-refractivity contribution in [1.82, 2.24) is 0 Å². The van der Waals surface area contributed by atoms with Crippen LogP contribution in [0.4, 0.5) is 0 Å². The lowest BCUT2D eigenvalue weighted by atomic mass is 9.92. The van der Waals surface area contributed by atoms with E-state index in [0.717, 1.165) is 24.2 Å². The second kappa shape index (κ2) is 4.52. The van der Waals surface area contributed by atoms with Gasteiger partial charge in [0, 0.05) is 17.5 Å². The molecular formula is C12H15ClO2. The number of benzene rings is 1. The van der Waals surface area contributed by atoms with Gasteiger partial charge in [0.25, 0.3) is 0 Å². The van der Waals surface area contributed by atoms with Crippen molar-refractivity contribution in [2.45, 2.75) is 19.4 Å². The van der Waals surface area contributed by atoms with E-state index in [9.17, 15) is 5.11 Å². The van der Waals surface area contributed by atoms with E-state index >= 15 is 0 Å². The summed E-state index contributed by atoms with van der Waals surface area (Å²) in [6, 6.07) is 5.66. The van der Waals surface area contributed by atoms with Gasteiger partial charge in [0.2, 0.25) is 0 Å². The van der Waals surface area contributed by atoms with Crippen molar-refractivity contribution < 1.29 is 9.84 Å². The van der Waals surface area contributed by atoms with Crippen molar-refractivity contribution in [2.75, 3.05) is 13.2 Å². The molecule has 1 aromatic rings. The summed E-state index contributed by atoms with van der Waals surface area (Å²) in [4.78, 5) is 0. The first-order chi connectivity index (χ1) is 7.20. The van der Waals surface area contributed by atoms with Gasteiger partial charge in [-0.05, 0) is 30.5 Å². The predicted octanol–water partition coefficient (Wildman–Crippen LogP) is 2.72. The first kappa shape index (κ1) is 10.9. The normalized spacial score (nSPS) is 23.0. The third-order valence-corrected chi connectivity index (χ3v) is 3.45. The average Bonchev–Trinajstić information content (AvgIpc) is 2.74. The predicted molar refractivity (Wildman–Crippen MR) is 60.1 cm³/mol. The van der Waals surface area contributed by atoms with Crippen LogP contribution in [-0.4, -0.2) is 18.3 Å². The fourth-order valence-corrected chi connectivity index (χ4v) is 2.18. The molecule has 1 N–H and O–H groups in total. The van der Waals surface area contributed by atoms with Gasteiger partial charge in [-0.2, -0.15) is 0 Å².